The summed E-state index contributed by atoms with van der Waals surface area (Å²) in [5.41, 5.74) is 12.5. The molecule has 0 spiro atoms. The van der Waals surface area contributed by atoms with E-state index >= 15 is 0 Å². The average molecular weight is 823 g/mol. The molecule has 4 aromatic heterocycles. The minimum Gasteiger partial charge on any atom is -0.456 e. The fourth-order valence-electron chi connectivity index (χ4n) is 9.30. The second kappa shape index (κ2) is 14.2. The summed E-state index contributed by atoms with van der Waals surface area (Å²) < 4.78 is 11.4. The minimum atomic E-state index is 0.587. The van der Waals surface area contributed by atoms with Gasteiger partial charge in [-0.3, -0.25) is 0 Å². The smallest absolute Gasteiger partial charge is 0.164 e. The molecular formula is C57H34N4OS. The van der Waals surface area contributed by atoms with Gasteiger partial charge < -0.3 is 8.98 Å². The van der Waals surface area contributed by atoms with Crippen molar-refractivity contribution in [3.63, 3.8) is 0 Å². The number of para-hydroxylation sites is 2. The molecule has 0 aliphatic rings. The number of hydrogen-bond acceptors (Lipinski definition) is 5. The molecule has 13 aromatic rings. The van der Waals surface area contributed by atoms with Crippen LogP contribution in [0.4, 0.5) is 0 Å². The van der Waals surface area contributed by atoms with Crippen LogP contribution in [0.3, 0.4) is 0 Å². The van der Waals surface area contributed by atoms with E-state index in [0.717, 1.165) is 55.3 Å². The van der Waals surface area contributed by atoms with Crippen LogP contribution in [0.15, 0.2) is 211 Å². The number of furan rings is 1. The van der Waals surface area contributed by atoms with Crippen LogP contribution in [0.5, 0.6) is 0 Å². The summed E-state index contributed by atoms with van der Waals surface area (Å²) in [6, 6.07) is 72.7. The van der Waals surface area contributed by atoms with E-state index in [0.29, 0.717) is 17.5 Å². The molecule has 0 atom stereocenters. The molecule has 4 heterocycles. The number of thiophene rings is 1. The van der Waals surface area contributed by atoms with E-state index in [1.165, 1.54) is 53.2 Å². The molecule has 0 bridgehead atoms. The Morgan fingerprint density at radius 3 is 1.63 bits per heavy atom. The van der Waals surface area contributed by atoms with Gasteiger partial charge in [-0.05, 0) is 76.9 Å². The highest BCUT2D eigenvalue weighted by Gasteiger charge is 2.19. The molecule has 0 N–H and O–H groups in total. The molecule has 0 radical (unpaired) electrons. The topological polar surface area (TPSA) is 56.7 Å². The predicted octanol–water partition coefficient (Wildman–Crippen LogP) is 15.6. The molecule has 0 unspecified atom stereocenters. The van der Waals surface area contributed by atoms with Crippen molar-refractivity contribution in [2.45, 2.75) is 0 Å². The van der Waals surface area contributed by atoms with Crippen LogP contribution in [0.25, 0.3) is 126 Å². The summed E-state index contributed by atoms with van der Waals surface area (Å²) >= 11 is 1.80. The van der Waals surface area contributed by atoms with E-state index in [-0.39, 0.29) is 0 Å². The molecule has 0 saturated carbocycles. The molecule has 9 aromatic carbocycles. The summed E-state index contributed by atoms with van der Waals surface area (Å²) in [5, 5.41) is 7.04. The van der Waals surface area contributed by atoms with Gasteiger partial charge in [0.2, 0.25) is 0 Å². The lowest BCUT2D eigenvalue weighted by atomic mass is 9.96. The van der Waals surface area contributed by atoms with Gasteiger partial charge in [0.25, 0.3) is 0 Å². The maximum absolute atomic E-state index is 6.67. The minimum absolute atomic E-state index is 0.587. The van der Waals surface area contributed by atoms with E-state index < -0.39 is 0 Å². The molecule has 63 heavy (non-hydrogen) atoms. The van der Waals surface area contributed by atoms with Crippen molar-refractivity contribution in [3.8, 4) is 62.1 Å². The van der Waals surface area contributed by atoms with Crippen molar-refractivity contribution < 1.29 is 4.42 Å². The zero-order chi connectivity index (χ0) is 41.4. The molecular weight excluding hydrogens is 789 g/mol. The van der Waals surface area contributed by atoms with Crippen LogP contribution < -0.4 is 0 Å². The molecule has 0 saturated heterocycles. The maximum atomic E-state index is 6.67. The summed E-state index contributed by atoms with van der Waals surface area (Å²) in [5.74, 6) is 1.83. The molecule has 0 amide bonds. The Kier molecular flexibility index (Phi) is 8.01. The third-order valence-electron chi connectivity index (χ3n) is 12.3. The number of nitrogens with zero attached hydrogens (tertiary/aromatic N) is 4. The summed E-state index contributed by atoms with van der Waals surface area (Å²) in [7, 11) is 0. The highest BCUT2D eigenvalue weighted by Crippen LogP contribution is 2.43. The van der Waals surface area contributed by atoms with Crippen molar-refractivity contribution in [3.05, 3.63) is 206 Å². The number of rotatable bonds is 6. The number of fused-ring (bicyclic) bond motifs is 9. The zero-order valence-electron chi connectivity index (χ0n) is 33.7. The third kappa shape index (κ3) is 5.87. The molecule has 5 nitrogen and oxygen atoms in total. The zero-order valence-corrected chi connectivity index (χ0v) is 34.6. The van der Waals surface area contributed by atoms with E-state index in [2.05, 4.69) is 180 Å². The van der Waals surface area contributed by atoms with E-state index in [4.69, 9.17) is 19.4 Å². The first-order chi connectivity index (χ1) is 31.2. The number of hydrogen-bond donors (Lipinski definition) is 0. The summed E-state index contributed by atoms with van der Waals surface area (Å²) in [6.45, 7) is 0. The van der Waals surface area contributed by atoms with Gasteiger partial charge in [-0.2, -0.15) is 0 Å². The van der Waals surface area contributed by atoms with E-state index in [1.807, 2.05) is 30.3 Å². The van der Waals surface area contributed by atoms with Crippen LogP contribution in [0, 0.1) is 0 Å². The lowest BCUT2D eigenvalue weighted by molar-refractivity contribution is 0.668. The van der Waals surface area contributed by atoms with Crippen LogP contribution in [-0.2, 0) is 0 Å². The van der Waals surface area contributed by atoms with Gasteiger partial charge >= 0.3 is 0 Å². The SMILES string of the molecule is c1ccc(-c2cccc(-c3cccc4sc5cc(-c6nc(-c7ccccc7)nc(-c7ccc8c(c7)oc7cc(-n9c%10ccccc%10c%10ccccc%109)ccc78)n6)ccc5c34)c2)cc1. The summed E-state index contributed by atoms with van der Waals surface area (Å²) in [6.07, 6.45) is 0. The van der Waals surface area contributed by atoms with Crippen molar-refractivity contribution in [1.29, 1.82) is 0 Å². The van der Waals surface area contributed by atoms with Gasteiger partial charge in [0, 0.05) is 70.2 Å². The molecule has 294 valence electrons. The van der Waals surface area contributed by atoms with Crippen molar-refractivity contribution >= 4 is 75.3 Å². The Morgan fingerprint density at radius 1 is 0.349 bits per heavy atom. The number of aromatic nitrogens is 4. The largest absolute Gasteiger partial charge is 0.456 e. The van der Waals surface area contributed by atoms with Crippen molar-refractivity contribution in [2.24, 2.45) is 0 Å². The fraction of sp³-hybridized carbons (Fsp3) is 0. The fourth-order valence-corrected chi connectivity index (χ4v) is 10.5. The quantitative estimate of drug-likeness (QED) is 0.168. The van der Waals surface area contributed by atoms with Crippen LogP contribution >= 0.6 is 11.3 Å². The van der Waals surface area contributed by atoms with Crippen molar-refractivity contribution in [2.75, 3.05) is 0 Å². The van der Waals surface area contributed by atoms with Gasteiger partial charge in [-0.1, -0.05) is 146 Å². The van der Waals surface area contributed by atoms with E-state index in [1.54, 1.807) is 11.3 Å². The molecule has 0 aliphatic heterocycles. The first-order valence-electron chi connectivity index (χ1n) is 21.1. The van der Waals surface area contributed by atoms with Gasteiger partial charge in [0.15, 0.2) is 17.5 Å². The first kappa shape index (κ1) is 35.6. The standard InChI is InChI=1S/C57H34N4OS/c1-3-13-35(14-4-1)37-17-11-18-38(31-37)42-21-12-24-52-54(42)47-29-26-40(33-53(47)63-52)57-59-55(36-15-5-2-6-16-36)58-56(60-57)39-25-28-45-46-30-27-41(34-51(46)62-50(45)32-39)61-48-22-9-7-19-43(48)44-20-8-10-23-49(44)61/h1-34H. The third-order valence-corrected chi connectivity index (χ3v) is 13.4. The average Bonchev–Trinajstić information content (AvgIpc) is 4.03. The second-order valence-electron chi connectivity index (χ2n) is 16.0. The van der Waals surface area contributed by atoms with E-state index in [9.17, 15) is 0 Å². The maximum Gasteiger partial charge on any atom is 0.164 e. The Bertz CT molecular complexity index is 3870. The monoisotopic (exact) mass is 822 g/mol. The second-order valence-corrected chi connectivity index (χ2v) is 17.1. The van der Waals surface area contributed by atoms with Crippen molar-refractivity contribution in [1.82, 2.24) is 19.5 Å². The molecule has 6 heteroatoms. The Balaban J connectivity index is 0.914. The van der Waals surface area contributed by atoms with Gasteiger partial charge in [0.05, 0.1) is 11.0 Å². The lowest BCUT2D eigenvalue weighted by Crippen LogP contribution is -2.00. The molecule has 13 rings (SSSR count). The lowest BCUT2D eigenvalue weighted by Gasteiger charge is -2.09. The molecule has 0 fully saturated rings. The summed E-state index contributed by atoms with van der Waals surface area (Å²) in [4.78, 5) is 15.3. The Morgan fingerprint density at radius 2 is 0.905 bits per heavy atom. The first-order valence-corrected chi connectivity index (χ1v) is 21.9. The highest BCUT2D eigenvalue weighted by molar-refractivity contribution is 7.26. The van der Waals surface area contributed by atoms with Crippen LogP contribution in [0.2, 0.25) is 0 Å². The normalized spacial score (nSPS) is 11.8. The van der Waals surface area contributed by atoms with Gasteiger partial charge in [-0.25, -0.2) is 15.0 Å². The Labute approximate surface area is 365 Å². The van der Waals surface area contributed by atoms with Gasteiger partial charge in [-0.15, -0.1) is 11.3 Å². The number of benzene rings is 9. The Hall–Kier alpha value is -8.19. The van der Waals surface area contributed by atoms with Gasteiger partial charge in [0.1, 0.15) is 11.2 Å². The predicted molar refractivity (Wildman–Crippen MR) is 262 cm³/mol. The molecule has 0 aliphatic carbocycles. The highest BCUT2D eigenvalue weighted by atomic mass is 32.1. The van der Waals surface area contributed by atoms with Crippen LogP contribution in [0.1, 0.15) is 0 Å². The van der Waals surface area contributed by atoms with Crippen LogP contribution in [-0.4, -0.2) is 19.5 Å².